The van der Waals surface area contributed by atoms with Gasteiger partial charge in [-0.25, -0.2) is 0 Å². The number of carbonyl (C=O) groups excluding carboxylic acids is 2. The van der Waals surface area contributed by atoms with Gasteiger partial charge in [-0.1, -0.05) is 48.5 Å². The van der Waals surface area contributed by atoms with Gasteiger partial charge in [0.1, 0.15) is 5.25 Å². The molecule has 29 heavy (non-hydrogen) atoms. The van der Waals surface area contributed by atoms with Gasteiger partial charge in [-0.05, 0) is 29.8 Å². The lowest BCUT2D eigenvalue weighted by atomic mass is 10.1. The third-order valence-electron chi connectivity index (χ3n) is 3.98. The average Bonchev–Trinajstić information content (AvgIpc) is 2.77. The molecule has 3 aromatic carbocycles. The van der Waals surface area contributed by atoms with Crippen LogP contribution in [0.2, 0.25) is 0 Å². The highest BCUT2D eigenvalue weighted by atomic mass is 32.2. The minimum atomic E-state index is -0.573. The van der Waals surface area contributed by atoms with E-state index in [-0.39, 0.29) is 17.2 Å². The molecule has 8 heteroatoms. The number of thioether (sulfide) groups is 1. The van der Waals surface area contributed by atoms with Crippen LogP contribution in [0.1, 0.15) is 21.2 Å². The molecule has 0 heterocycles. The van der Waals surface area contributed by atoms with E-state index >= 15 is 0 Å². The zero-order valence-electron chi connectivity index (χ0n) is 15.1. The number of hydrogen-bond donors (Lipinski definition) is 2. The fourth-order valence-electron chi connectivity index (χ4n) is 2.53. The number of nitro groups is 1. The van der Waals surface area contributed by atoms with Crippen molar-refractivity contribution in [3.8, 4) is 0 Å². The van der Waals surface area contributed by atoms with Crippen molar-refractivity contribution < 1.29 is 14.5 Å². The highest BCUT2D eigenvalue weighted by molar-refractivity contribution is 8.00. The van der Waals surface area contributed by atoms with Crippen molar-refractivity contribution in [2.75, 3.05) is 0 Å². The number of amides is 2. The van der Waals surface area contributed by atoms with E-state index in [1.807, 2.05) is 60.7 Å². The van der Waals surface area contributed by atoms with Gasteiger partial charge in [0.05, 0.1) is 4.92 Å². The van der Waals surface area contributed by atoms with E-state index in [0.29, 0.717) is 0 Å². The summed E-state index contributed by atoms with van der Waals surface area (Å²) in [6.45, 7) is 0. The summed E-state index contributed by atoms with van der Waals surface area (Å²) in [6, 6.07) is 23.8. The summed E-state index contributed by atoms with van der Waals surface area (Å²) in [5.41, 5.74) is 5.68. The fourth-order valence-corrected chi connectivity index (χ4v) is 3.57. The third-order valence-corrected chi connectivity index (χ3v) is 5.24. The molecule has 2 amide bonds. The first-order valence-corrected chi connectivity index (χ1v) is 9.54. The number of non-ortho nitro benzene ring substituents is 1. The zero-order valence-corrected chi connectivity index (χ0v) is 16.0. The second-order valence-corrected chi connectivity index (χ2v) is 7.15. The molecule has 0 aliphatic carbocycles. The van der Waals surface area contributed by atoms with Crippen LogP contribution < -0.4 is 10.9 Å². The zero-order chi connectivity index (χ0) is 20.6. The molecule has 0 unspecified atom stereocenters. The van der Waals surface area contributed by atoms with Gasteiger partial charge in [0.15, 0.2) is 0 Å². The Morgan fingerprint density at radius 1 is 0.828 bits per heavy atom. The number of hydrazine groups is 1. The number of benzene rings is 3. The van der Waals surface area contributed by atoms with E-state index in [1.54, 1.807) is 0 Å². The van der Waals surface area contributed by atoms with Gasteiger partial charge in [0.2, 0.25) is 0 Å². The van der Waals surface area contributed by atoms with Crippen LogP contribution in [0, 0.1) is 10.1 Å². The fraction of sp³-hybridized carbons (Fsp3) is 0.0476. The van der Waals surface area contributed by atoms with Gasteiger partial charge < -0.3 is 0 Å². The minimum absolute atomic E-state index is 0.117. The SMILES string of the molecule is O=C(NNC(=O)[C@H](Sc1ccccc1)c1ccccc1)c1ccc([N+](=O)[O-])cc1. The second-order valence-electron chi connectivity index (χ2n) is 5.97. The maximum atomic E-state index is 12.8. The quantitative estimate of drug-likeness (QED) is 0.367. The van der Waals surface area contributed by atoms with Gasteiger partial charge in [0.25, 0.3) is 17.5 Å². The summed E-state index contributed by atoms with van der Waals surface area (Å²) in [4.78, 5) is 36.1. The van der Waals surface area contributed by atoms with Crippen LogP contribution in [0.25, 0.3) is 0 Å². The molecule has 3 rings (SSSR count). The van der Waals surface area contributed by atoms with E-state index in [1.165, 1.54) is 36.0 Å². The third kappa shape index (κ3) is 5.43. The van der Waals surface area contributed by atoms with E-state index in [0.717, 1.165) is 10.5 Å². The predicted octanol–water partition coefficient (Wildman–Crippen LogP) is 3.89. The molecule has 0 radical (unpaired) electrons. The lowest BCUT2D eigenvalue weighted by molar-refractivity contribution is -0.384. The van der Waals surface area contributed by atoms with Crippen molar-refractivity contribution in [3.05, 3.63) is 106 Å². The summed E-state index contributed by atoms with van der Waals surface area (Å²) in [6.07, 6.45) is 0. The maximum Gasteiger partial charge on any atom is 0.269 e. The summed E-state index contributed by atoms with van der Waals surface area (Å²) in [7, 11) is 0. The van der Waals surface area contributed by atoms with Gasteiger partial charge in [-0.2, -0.15) is 0 Å². The Kier molecular flexibility index (Phi) is 6.59. The van der Waals surface area contributed by atoms with Gasteiger partial charge in [-0.3, -0.25) is 30.6 Å². The van der Waals surface area contributed by atoms with E-state index in [9.17, 15) is 19.7 Å². The van der Waals surface area contributed by atoms with Crippen molar-refractivity contribution in [1.82, 2.24) is 10.9 Å². The number of nitrogens with one attached hydrogen (secondary N) is 2. The molecule has 0 saturated heterocycles. The van der Waals surface area contributed by atoms with Crippen LogP contribution in [0.5, 0.6) is 0 Å². The standard InChI is InChI=1S/C21H17N3O4S/c25-20(16-11-13-17(14-12-16)24(27)28)22-23-21(26)19(15-7-3-1-4-8-15)29-18-9-5-2-6-10-18/h1-14,19H,(H,22,25)(H,23,26)/t19-/m1/s1. The highest BCUT2D eigenvalue weighted by Gasteiger charge is 2.22. The number of nitrogens with zero attached hydrogens (tertiary/aromatic N) is 1. The molecule has 0 saturated carbocycles. The monoisotopic (exact) mass is 407 g/mol. The van der Waals surface area contributed by atoms with Crippen LogP contribution >= 0.6 is 11.8 Å². The van der Waals surface area contributed by atoms with Crippen LogP contribution in [0.4, 0.5) is 5.69 Å². The normalized spacial score (nSPS) is 11.3. The topological polar surface area (TPSA) is 101 Å². The maximum absolute atomic E-state index is 12.8. The summed E-state index contributed by atoms with van der Waals surface area (Å²) in [5, 5.41) is 10.1. The molecule has 1 atom stereocenters. The van der Waals surface area contributed by atoms with Crippen molar-refractivity contribution in [2.24, 2.45) is 0 Å². The van der Waals surface area contributed by atoms with Crippen molar-refractivity contribution >= 4 is 29.3 Å². The van der Waals surface area contributed by atoms with Crippen LogP contribution in [0.15, 0.2) is 89.8 Å². The predicted molar refractivity (Wildman–Crippen MR) is 110 cm³/mol. The molecular weight excluding hydrogens is 390 g/mol. The molecule has 0 aliphatic heterocycles. The lowest BCUT2D eigenvalue weighted by Crippen LogP contribution is -2.43. The second kappa shape index (κ2) is 9.52. The van der Waals surface area contributed by atoms with Crippen LogP contribution in [-0.2, 0) is 4.79 Å². The Balaban J connectivity index is 1.69. The van der Waals surface area contributed by atoms with Crippen molar-refractivity contribution in [2.45, 2.75) is 10.1 Å². The number of hydrogen-bond acceptors (Lipinski definition) is 5. The number of rotatable bonds is 6. The van der Waals surface area contributed by atoms with Crippen LogP contribution in [0.3, 0.4) is 0 Å². The molecule has 2 N–H and O–H groups in total. The largest absolute Gasteiger partial charge is 0.272 e. The first-order valence-electron chi connectivity index (χ1n) is 8.66. The summed E-state index contributed by atoms with van der Waals surface area (Å²) in [5.74, 6) is -0.954. The molecule has 0 bridgehead atoms. The van der Waals surface area contributed by atoms with Gasteiger partial charge in [0, 0.05) is 22.6 Å². The molecule has 3 aromatic rings. The van der Waals surface area contributed by atoms with E-state index in [2.05, 4.69) is 10.9 Å². The highest BCUT2D eigenvalue weighted by Crippen LogP contribution is 2.35. The lowest BCUT2D eigenvalue weighted by Gasteiger charge is -2.17. The molecular formula is C21H17N3O4S. The van der Waals surface area contributed by atoms with Gasteiger partial charge >= 0.3 is 0 Å². The smallest absolute Gasteiger partial charge is 0.269 e. The Hall–Kier alpha value is -3.65. The average molecular weight is 407 g/mol. The molecule has 0 aliphatic rings. The first-order chi connectivity index (χ1) is 14.0. The van der Waals surface area contributed by atoms with Crippen molar-refractivity contribution in [3.63, 3.8) is 0 Å². The van der Waals surface area contributed by atoms with Crippen LogP contribution in [-0.4, -0.2) is 16.7 Å². The minimum Gasteiger partial charge on any atom is -0.272 e. The molecule has 146 valence electrons. The van der Waals surface area contributed by atoms with E-state index in [4.69, 9.17) is 0 Å². The first kappa shape index (κ1) is 20.1. The molecule has 0 fully saturated rings. The van der Waals surface area contributed by atoms with Crippen molar-refractivity contribution in [1.29, 1.82) is 0 Å². The Bertz CT molecular complexity index is 995. The molecule has 7 nitrogen and oxygen atoms in total. The number of nitro benzene ring substituents is 1. The Morgan fingerprint density at radius 2 is 1.41 bits per heavy atom. The molecule has 0 aromatic heterocycles. The van der Waals surface area contributed by atoms with Gasteiger partial charge in [-0.15, -0.1) is 11.8 Å². The van der Waals surface area contributed by atoms with E-state index < -0.39 is 16.1 Å². The Morgan fingerprint density at radius 3 is 2.00 bits per heavy atom. The summed E-state index contributed by atoms with van der Waals surface area (Å²) < 4.78 is 0. The molecule has 0 spiro atoms. The summed E-state index contributed by atoms with van der Waals surface area (Å²) >= 11 is 1.36. The Labute approximate surface area is 171 Å². The number of carbonyl (C=O) groups is 2.